The van der Waals surface area contributed by atoms with Crippen LogP contribution in [0.1, 0.15) is 5.69 Å². The van der Waals surface area contributed by atoms with Gasteiger partial charge in [-0.25, -0.2) is 0 Å². The molecule has 0 radical (unpaired) electrons. The Morgan fingerprint density at radius 2 is 1.17 bits per heavy atom. The maximum atomic E-state index is 12.3. The average molecular weight is 429 g/mol. The van der Waals surface area contributed by atoms with E-state index in [1.165, 1.54) is 30.5 Å². The van der Waals surface area contributed by atoms with Gasteiger partial charge in [0, 0.05) is 17.3 Å². The molecule has 1 N–H and O–H groups in total. The predicted octanol–water partition coefficient (Wildman–Crippen LogP) is 5.71. The molecule has 30 heavy (non-hydrogen) atoms. The van der Waals surface area contributed by atoms with Crippen molar-refractivity contribution in [2.45, 2.75) is 19.3 Å². The number of aliphatic hydroxyl groups excluding tert-OH is 1. The van der Waals surface area contributed by atoms with Gasteiger partial charge >= 0.3 is 12.7 Å². The molecule has 0 aliphatic rings. The average Bonchev–Trinajstić information content (AvgIpc) is 2.66. The molecule has 0 aliphatic heterocycles. The largest absolute Gasteiger partial charge is 0.573 e. The second-order valence-corrected chi connectivity index (χ2v) is 6.02. The topological polar surface area (TPSA) is 51.6 Å². The first-order valence-electron chi connectivity index (χ1n) is 8.36. The second kappa shape index (κ2) is 8.23. The van der Waals surface area contributed by atoms with Crippen molar-refractivity contribution in [3.8, 4) is 33.8 Å². The zero-order valence-corrected chi connectivity index (χ0v) is 15.0. The molecule has 0 atom stereocenters. The molecule has 3 rings (SSSR count). The van der Waals surface area contributed by atoms with Gasteiger partial charge in [-0.05, 0) is 41.5 Å². The van der Waals surface area contributed by atoms with E-state index >= 15 is 0 Å². The summed E-state index contributed by atoms with van der Waals surface area (Å²) in [6, 6.07) is 11.7. The molecule has 4 nitrogen and oxygen atoms in total. The lowest BCUT2D eigenvalue weighted by molar-refractivity contribution is -0.275. The van der Waals surface area contributed by atoms with Crippen molar-refractivity contribution < 1.29 is 40.9 Å². The number of nitrogens with zero attached hydrogens (tertiary/aromatic N) is 1. The quantitative estimate of drug-likeness (QED) is 0.529. The van der Waals surface area contributed by atoms with Crippen molar-refractivity contribution >= 4 is 0 Å². The molecule has 3 aromatic rings. The normalized spacial score (nSPS) is 12.0. The number of aliphatic hydroxyl groups is 1. The van der Waals surface area contributed by atoms with Crippen LogP contribution in [0.25, 0.3) is 22.3 Å². The monoisotopic (exact) mass is 429 g/mol. The summed E-state index contributed by atoms with van der Waals surface area (Å²) in [5, 5.41) is 9.53. The first-order chi connectivity index (χ1) is 14.0. The fourth-order valence-corrected chi connectivity index (χ4v) is 2.71. The lowest BCUT2D eigenvalue weighted by Crippen LogP contribution is -2.16. The van der Waals surface area contributed by atoms with Crippen LogP contribution in [0.4, 0.5) is 26.3 Å². The SMILES string of the molecule is OCc1ncc(-c2ccc(OC(F)(F)F)cc2)cc1-c1ccc(OC(F)(F)F)cc1. The Morgan fingerprint density at radius 1 is 0.700 bits per heavy atom. The van der Waals surface area contributed by atoms with E-state index in [2.05, 4.69) is 14.5 Å². The molecule has 0 aliphatic carbocycles. The first kappa shape index (κ1) is 21.4. The minimum atomic E-state index is -4.82. The molecular weight excluding hydrogens is 416 g/mol. The number of rotatable bonds is 5. The fourth-order valence-electron chi connectivity index (χ4n) is 2.71. The van der Waals surface area contributed by atoms with Crippen LogP contribution in [0, 0.1) is 0 Å². The third-order valence-electron chi connectivity index (χ3n) is 3.94. The summed E-state index contributed by atoms with van der Waals surface area (Å²) < 4.78 is 81.4. The Hall–Kier alpha value is -3.27. The molecule has 158 valence electrons. The van der Waals surface area contributed by atoms with Crippen LogP contribution in [0.2, 0.25) is 0 Å². The number of halogens is 6. The van der Waals surface area contributed by atoms with Crippen molar-refractivity contribution in [1.82, 2.24) is 4.98 Å². The summed E-state index contributed by atoms with van der Waals surface area (Å²) in [5.74, 6) is -0.784. The van der Waals surface area contributed by atoms with Gasteiger partial charge in [0.2, 0.25) is 0 Å². The third kappa shape index (κ3) is 5.63. The molecule has 0 saturated carbocycles. The van der Waals surface area contributed by atoms with Crippen molar-refractivity contribution in [3.63, 3.8) is 0 Å². The summed E-state index contributed by atoms with van der Waals surface area (Å²) in [7, 11) is 0. The molecule has 0 bridgehead atoms. The van der Waals surface area contributed by atoms with Gasteiger partial charge in [-0.15, -0.1) is 26.3 Å². The maximum absolute atomic E-state index is 12.3. The molecule has 0 fully saturated rings. The van der Waals surface area contributed by atoms with Crippen molar-refractivity contribution in [2.75, 3.05) is 0 Å². The van der Waals surface area contributed by atoms with Gasteiger partial charge in [0.1, 0.15) is 11.5 Å². The summed E-state index contributed by atoms with van der Waals surface area (Å²) >= 11 is 0. The van der Waals surface area contributed by atoms with E-state index in [-0.39, 0.29) is 11.4 Å². The number of pyridine rings is 1. The minimum absolute atomic E-state index is 0.278. The van der Waals surface area contributed by atoms with E-state index in [4.69, 9.17) is 0 Å². The predicted molar refractivity (Wildman–Crippen MR) is 94.4 cm³/mol. The molecule has 1 aromatic heterocycles. The first-order valence-corrected chi connectivity index (χ1v) is 8.36. The molecular formula is C20H13F6NO3. The summed E-state index contributed by atoms with van der Waals surface area (Å²) in [5.41, 5.74) is 2.25. The van der Waals surface area contributed by atoms with E-state index in [0.29, 0.717) is 22.3 Å². The van der Waals surface area contributed by atoms with Gasteiger partial charge in [-0.2, -0.15) is 0 Å². The maximum Gasteiger partial charge on any atom is 0.573 e. The van der Waals surface area contributed by atoms with Crippen molar-refractivity contribution in [1.29, 1.82) is 0 Å². The number of alkyl halides is 6. The molecule has 10 heteroatoms. The highest BCUT2D eigenvalue weighted by Gasteiger charge is 2.31. The lowest BCUT2D eigenvalue weighted by atomic mass is 9.99. The van der Waals surface area contributed by atoms with Gasteiger partial charge in [0.05, 0.1) is 12.3 Å². The van der Waals surface area contributed by atoms with E-state index < -0.39 is 25.1 Å². The minimum Gasteiger partial charge on any atom is -0.406 e. The van der Waals surface area contributed by atoms with E-state index in [1.54, 1.807) is 6.07 Å². The summed E-state index contributed by atoms with van der Waals surface area (Å²) in [4.78, 5) is 4.14. The zero-order valence-electron chi connectivity index (χ0n) is 15.0. The van der Waals surface area contributed by atoms with Crippen LogP contribution in [0.15, 0.2) is 60.8 Å². The zero-order chi connectivity index (χ0) is 21.9. The van der Waals surface area contributed by atoms with Gasteiger partial charge in [-0.3, -0.25) is 4.98 Å². The van der Waals surface area contributed by atoms with Gasteiger partial charge in [0.25, 0.3) is 0 Å². The van der Waals surface area contributed by atoms with Crippen molar-refractivity contribution in [2.24, 2.45) is 0 Å². The van der Waals surface area contributed by atoms with E-state index in [9.17, 15) is 31.4 Å². The Bertz CT molecular complexity index is 999. The molecule has 0 saturated heterocycles. The number of hydrogen-bond donors (Lipinski definition) is 1. The summed E-state index contributed by atoms with van der Waals surface area (Å²) in [6.45, 7) is -0.422. The molecule has 1 heterocycles. The summed E-state index contributed by atoms with van der Waals surface area (Å²) in [6.07, 6.45) is -8.20. The van der Waals surface area contributed by atoms with Gasteiger partial charge < -0.3 is 14.6 Å². The molecule has 0 amide bonds. The van der Waals surface area contributed by atoms with Crippen LogP contribution in [-0.4, -0.2) is 22.8 Å². The van der Waals surface area contributed by atoms with Crippen LogP contribution < -0.4 is 9.47 Å². The Balaban J connectivity index is 1.90. The van der Waals surface area contributed by atoms with Gasteiger partial charge in [0.15, 0.2) is 0 Å². The lowest BCUT2D eigenvalue weighted by Gasteiger charge is -2.13. The number of hydrogen-bond acceptors (Lipinski definition) is 4. The highest BCUT2D eigenvalue weighted by molar-refractivity contribution is 5.74. The number of aromatic nitrogens is 1. The number of ether oxygens (including phenoxy) is 2. The standard InChI is InChI=1S/C20H13F6NO3/c21-19(22,23)29-15-5-1-12(2-6-15)14-9-17(18(11-28)27-10-14)13-3-7-16(8-4-13)30-20(24,25)26/h1-10,28H,11H2. The van der Waals surface area contributed by atoms with Crippen LogP contribution in [-0.2, 0) is 6.61 Å². The second-order valence-electron chi connectivity index (χ2n) is 6.02. The Kier molecular flexibility index (Phi) is 5.88. The van der Waals surface area contributed by atoms with E-state index in [1.807, 2.05) is 0 Å². The van der Waals surface area contributed by atoms with E-state index in [0.717, 1.165) is 24.3 Å². The highest BCUT2D eigenvalue weighted by Crippen LogP contribution is 2.32. The smallest absolute Gasteiger partial charge is 0.406 e. The van der Waals surface area contributed by atoms with Crippen LogP contribution in [0.5, 0.6) is 11.5 Å². The van der Waals surface area contributed by atoms with Crippen molar-refractivity contribution in [3.05, 3.63) is 66.5 Å². The number of benzene rings is 2. The molecule has 0 spiro atoms. The van der Waals surface area contributed by atoms with Gasteiger partial charge in [-0.1, -0.05) is 24.3 Å². The Labute approximate surface area is 166 Å². The third-order valence-corrected chi connectivity index (χ3v) is 3.94. The molecule has 2 aromatic carbocycles. The highest BCUT2D eigenvalue weighted by atomic mass is 19.4. The Morgan fingerprint density at radius 3 is 1.60 bits per heavy atom. The molecule has 0 unspecified atom stereocenters. The van der Waals surface area contributed by atoms with Crippen LogP contribution in [0.3, 0.4) is 0 Å². The van der Waals surface area contributed by atoms with Crippen LogP contribution >= 0.6 is 0 Å². The fraction of sp³-hybridized carbons (Fsp3) is 0.150.